The number of carbonyl (C=O) groups is 1. The van der Waals surface area contributed by atoms with Crippen LogP contribution in [0.15, 0.2) is 24.7 Å². The Balaban J connectivity index is 1.74. The number of nitrogens with zero attached hydrogens (tertiary/aromatic N) is 5. The number of hydrogen-bond acceptors (Lipinski definition) is 4. The number of aromatic nitrogens is 5. The molecule has 3 heterocycles. The van der Waals surface area contributed by atoms with Crippen molar-refractivity contribution in [1.82, 2.24) is 24.4 Å². The summed E-state index contributed by atoms with van der Waals surface area (Å²) in [5.74, 6) is 0. The number of carbonyl (C=O) groups excluding carboxylic acids is 1. The number of alkyl halides is 3. The fraction of sp³-hybridized carbons (Fsp3) is 0.333. The molecule has 2 amide bonds. The largest absolute Gasteiger partial charge is 0.400 e. The molecule has 0 unspecified atom stereocenters. The van der Waals surface area contributed by atoms with E-state index in [2.05, 4.69) is 25.8 Å². The van der Waals surface area contributed by atoms with Crippen LogP contribution in [0, 0.1) is 0 Å². The van der Waals surface area contributed by atoms with E-state index < -0.39 is 17.6 Å². The minimum atomic E-state index is -4.50. The number of fused-ring (bicyclic) bond motifs is 1. The van der Waals surface area contributed by atoms with E-state index in [1.54, 1.807) is 13.2 Å². The molecule has 0 aromatic carbocycles. The third-order valence-corrected chi connectivity index (χ3v) is 4.60. The molecule has 1 saturated carbocycles. The number of hydrogen-bond donors (Lipinski definition) is 2. The maximum Gasteiger partial charge on any atom is 0.400 e. The third-order valence-electron chi connectivity index (χ3n) is 4.41. The van der Waals surface area contributed by atoms with Crippen molar-refractivity contribution in [3.63, 3.8) is 0 Å². The average molecular weight is 400 g/mol. The highest BCUT2D eigenvalue weighted by Crippen LogP contribution is 2.60. The first kappa shape index (κ1) is 17.6. The highest BCUT2D eigenvalue weighted by atomic mass is 35.5. The lowest BCUT2D eigenvalue weighted by atomic mass is 10.00. The van der Waals surface area contributed by atoms with Gasteiger partial charge in [-0.05, 0) is 12.8 Å². The van der Waals surface area contributed by atoms with Gasteiger partial charge in [0, 0.05) is 19.3 Å². The van der Waals surface area contributed by atoms with Crippen LogP contribution in [0.25, 0.3) is 5.65 Å². The first-order valence-electron chi connectivity index (χ1n) is 7.88. The Bertz CT molecular complexity index is 1040. The molecule has 12 heteroatoms. The molecule has 27 heavy (non-hydrogen) atoms. The summed E-state index contributed by atoms with van der Waals surface area (Å²) in [6, 6.07) is 0.637. The van der Waals surface area contributed by atoms with E-state index in [4.69, 9.17) is 11.6 Å². The predicted octanol–water partition coefficient (Wildman–Crippen LogP) is 3.35. The van der Waals surface area contributed by atoms with Crippen LogP contribution in [0.3, 0.4) is 0 Å². The fourth-order valence-electron chi connectivity index (χ4n) is 3.01. The average Bonchev–Trinajstić information content (AvgIpc) is 3.15. The van der Waals surface area contributed by atoms with Crippen molar-refractivity contribution in [3.05, 3.63) is 35.5 Å². The zero-order valence-electron chi connectivity index (χ0n) is 13.9. The number of halogens is 4. The van der Waals surface area contributed by atoms with Crippen molar-refractivity contribution < 1.29 is 18.0 Å². The van der Waals surface area contributed by atoms with Crippen molar-refractivity contribution in [2.45, 2.75) is 24.4 Å². The van der Waals surface area contributed by atoms with Crippen LogP contribution in [0.5, 0.6) is 0 Å². The van der Waals surface area contributed by atoms with E-state index in [9.17, 15) is 18.0 Å². The van der Waals surface area contributed by atoms with Crippen molar-refractivity contribution in [2.24, 2.45) is 7.05 Å². The minimum Gasteiger partial charge on any atom is -0.305 e. The minimum absolute atomic E-state index is 0.0127. The summed E-state index contributed by atoms with van der Waals surface area (Å²) in [7, 11) is 1.67. The van der Waals surface area contributed by atoms with Crippen LogP contribution in [0.1, 0.15) is 18.5 Å². The maximum atomic E-state index is 13.7. The SMILES string of the molecule is Cn1cc(NC(=O)Nc2cnc3cc(Cl)nn3c2C2(C(F)(F)F)CC2)cn1. The summed E-state index contributed by atoms with van der Waals surface area (Å²) >= 11 is 5.85. The summed E-state index contributed by atoms with van der Waals surface area (Å²) in [5, 5.41) is 12.8. The number of urea groups is 1. The van der Waals surface area contributed by atoms with Crippen LogP contribution in [0.4, 0.5) is 29.3 Å². The van der Waals surface area contributed by atoms with Gasteiger partial charge in [0.1, 0.15) is 5.41 Å². The number of anilines is 2. The van der Waals surface area contributed by atoms with Gasteiger partial charge in [-0.1, -0.05) is 11.6 Å². The van der Waals surface area contributed by atoms with Gasteiger partial charge < -0.3 is 10.6 Å². The Morgan fingerprint density at radius 1 is 1.30 bits per heavy atom. The molecule has 3 aromatic rings. The summed E-state index contributed by atoms with van der Waals surface area (Å²) in [6.07, 6.45) is -0.577. The van der Waals surface area contributed by atoms with Crippen molar-refractivity contribution in [1.29, 1.82) is 0 Å². The molecule has 0 bridgehead atoms. The molecule has 0 radical (unpaired) electrons. The van der Waals surface area contributed by atoms with E-state index in [0.717, 1.165) is 4.52 Å². The van der Waals surface area contributed by atoms with E-state index in [1.807, 2.05) is 0 Å². The summed E-state index contributed by atoms with van der Waals surface area (Å²) in [6.45, 7) is 0. The van der Waals surface area contributed by atoms with Gasteiger partial charge in [-0.2, -0.15) is 23.4 Å². The van der Waals surface area contributed by atoms with E-state index >= 15 is 0 Å². The molecule has 3 aromatic heterocycles. The Morgan fingerprint density at radius 2 is 2.04 bits per heavy atom. The summed E-state index contributed by atoms with van der Waals surface area (Å²) in [4.78, 5) is 16.3. The molecular weight excluding hydrogens is 387 g/mol. The zero-order chi connectivity index (χ0) is 19.4. The van der Waals surface area contributed by atoms with E-state index in [0.29, 0.717) is 5.69 Å². The second-order valence-corrected chi connectivity index (χ2v) is 6.71. The molecular formula is C15H13ClF3N7O. The molecule has 1 aliphatic rings. The summed E-state index contributed by atoms with van der Waals surface area (Å²) < 4.78 is 43.8. The van der Waals surface area contributed by atoms with Gasteiger partial charge in [0.2, 0.25) is 0 Å². The molecule has 2 N–H and O–H groups in total. The van der Waals surface area contributed by atoms with Gasteiger partial charge in [-0.3, -0.25) is 4.68 Å². The highest BCUT2D eigenvalue weighted by Gasteiger charge is 2.66. The van der Waals surface area contributed by atoms with Crippen molar-refractivity contribution in [2.75, 3.05) is 10.6 Å². The number of amides is 2. The molecule has 0 aliphatic heterocycles. The van der Waals surface area contributed by atoms with Crippen LogP contribution >= 0.6 is 11.6 Å². The molecule has 1 fully saturated rings. The van der Waals surface area contributed by atoms with Crippen LogP contribution in [0.2, 0.25) is 5.15 Å². The van der Waals surface area contributed by atoms with Crippen molar-refractivity contribution >= 4 is 34.7 Å². The van der Waals surface area contributed by atoms with Gasteiger partial charge in [-0.15, -0.1) is 0 Å². The van der Waals surface area contributed by atoms with Crippen molar-refractivity contribution in [3.8, 4) is 0 Å². The molecule has 4 rings (SSSR count). The van der Waals surface area contributed by atoms with E-state index in [-0.39, 0.29) is 35.0 Å². The van der Waals surface area contributed by atoms with Gasteiger partial charge in [-0.25, -0.2) is 14.3 Å². The Labute approximate surface area is 155 Å². The van der Waals surface area contributed by atoms with Gasteiger partial charge in [0.05, 0.1) is 29.5 Å². The highest BCUT2D eigenvalue weighted by molar-refractivity contribution is 6.29. The normalized spacial score (nSPS) is 15.7. The molecule has 142 valence electrons. The number of rotatable bonds is 3. The van der Waals surface area contributed by atoms with Gasteiger partial charge >= 0.3 is 12.2 Å². The molecule has 0 saturated heterocycles. The molecule has 0 atom stereocenters. The maximum absolute atomic E-state index is 13.7. The second kappa shape index (κ2) is 5.84. The first-order valence-corrected chi connectivity index (χ1v) is 8.25. The molecule has 1 aliphatic carbocycles. The number of aryl methyl sites for hydroxylation is 1. The van der Waals surface area contributed by atoms with Gasteiger partial charge in [0.15, 0.2) is 10.8 Å². The molecule has 0 spiro atoms. The lowest BCUT2D eigenvalue weighted by molar-refractivity contribution is -0.161. The summed E-state index contributed by atoms with van der Waals surface area (Å²) in [5.41, 5.74) is -1.80. The first-order chi connectivity index (χ1) is 12.7. The smallest absolute Gasteiger partial charge is 0.305 e. The van der Waals surface area contributed by atoms with Crippen LogP contribution < -0.4 is 10.6 Å². The lowest BCUT2D eigenvalue weighted by Gasteiger charge is -2.23. The van der Waals surface area contributed by atoms with Gasteiger partial charge in [0.25, 0.3) is 0 Å². The van der Waals surface area contributed by atoms with Crippen LogP contribution in [-0.2, 0) is 12.5 Å². The topological polar surface area (TPSA) is 89.1 Å². The quantitative estimate of drug-likeness (QED) is 0.706. The zero-order valence-corrected chi connectivity index (χ0v) is 14.6. The third kappa shape index (κ3) is 2.97. The monoisotopic (exact) mass is 399 g/mol. The Hall–Kier alpha value is -2.82. The van der Waals surface area contributed by atoms with E-state index in [1.165, 1.54) is 23.1 Å². The molecule has 8 nitrogen and oxygen atoms in total. The lowest BCUT2D eigenvalue weighted by Crippen LogP contribution is -2.33. The Morgan fingerprint density at radius 3 is 2.63 bits per heavy atom. The predicted molar refractivity (Wildman–Crippen MR) is 90.8 cm³/mol. The number of nitrogens with one attached hydrogen (secondary N) is 2. The Kier molecular flexibility index (Phi) is 3.81. The standard InChI is InChI=1S/C15H13ClF3N7O/c1-25-7-8(5-21-25)22-13(27)23-9-6-20-11-4-10(16)24-26(11)12(9)14(2-3-14)15(17,18)19/h4-7H,2-3H2,1H3,(H2,22,23,27). The second-order valence-electron chi connectivity index (χ2n) is 6.32. The van der Waals surface area contributed by atoms with Crippen LogP contribution in [-0.4, -0.2) is 36.6 Å². The fourth-order valence-corrected chi connectivity index (χ4v) is 3.18.